The minimum Gasteiger partial charge on any atom is -0.493 e. The number of thioether (sulfide) groups is 1. The van der Waals surface area contributed by atoms with Gasteiger partial charge in [-0.25, -0.2) is 4.98 Å². The highest BCUT2D eigenvalue weighted by Crippen LogP contribution is 2.33. The molecule has 2 amide bonds. The maximum Gasteiger partial charge on any atom is 0.238 e. The van der Waals surface area contributed by atoms with Crippen molar-refractivity contribution in [3.05, 3.63) is 35.4 Å². The van der Waals surface area contributed by atoms with Crippen molar-refractivity contribution in [1.82, 2.24) is 10.1 Å². The third-order valence-corrected chi connectivity index (χ3v) is 6.04. The number of ether oxygens (including phenoxy) is 2. The van der Waals surface area contributed by atoms with Crippen LogP contribution < -0.4 is 20.1 Å². The van der Waals surface area contributed by atoms with Crippen LogP contribution in [-0.4, -0.2) is 47.2 Å². The average Bonchev–Trinajstić information content (AvgIpc) is 3.40. The number of amides is 2. The van der Waals surface area contributed by atoms with Crippen molar-refractivity contribution < 1.29 is 23.6 Å². The van der Waals surface area contributed by atoms with Gasteiger partial charge in [-0.15, -0.1) is 23.1 Å². The zero-order valence-electron chi connectivity index (χ0n) is 17.4. The van der Waals surface area contributed by atoms with E-state index in [0.717, 1.165) is 5.56 Å². The molecule has 0 bridgehead atoms. The Morgan fingerprint density at radius 3 is 2.65 bits per heavy atom. The standard InChI is InChI=1S/C20H22N4O5S2/c1-11-7-17(24-29-11)22-19(26)12(2)30-10-18(25)23-20-21-14(9-31-20)13-5-6-15(27-3)16(8-13)28-4/h5-9,12H,10H2,1-4H3,(H,21,23,25)(H,22,24,26)/t12-/m1/s1. The van der Waals surface area contributed by atoms with Crippen LogP contribution in [-0.2, 0) is 9.59 Å². The molecule has 31 heavy (non-hydrogen) atoms. The second-order valence-electron chi connectivity index (χ2n) is 6.42. The average molecular weight is 463 g/mol. The highest BCUT2D eigenvalue weighted by molar-refractivity contribution is 8.01. The fourth-order valence-corrected chi connectivity index (χ4v) is 3.96. The number of hydrogen-bond acceptors (Lipinski definition) is 9. The lowest BCUT2D eigenvalue weighted by Gasteiger charge is -2.10. The number of thiazole rings is 1. The van der Waals surface area contributed by atoms with Crippen LogP contribution in [0.4, 0.5) is 10.9 Å². The first-order chi connectivity index (χ1) is 14.9. The lowest BCUT2D eigenvalue weighted by Crippen LogP contribution is -2.25. The number of nitrogens with zero attached hydrogens (tertiary/aromatic N) is 2. The van der Waals surface area contributed by atoms with Crippen LogP contribution in [0.3, 0.4) is 0 Å². The number of methoxy groups -OCH3 is 2. The Morgan fingerprint density at radius 1 is 1.19 bits per heavy atom. The normalized spacial score (nSPS) is 11.6. The Morgan fingerprint density at radius 2 is 1.97 bits per heavy atom. The van der Waals surface area contributed by atoms with E-state index in [1.165, 1.54) is 23.1 Å². The Bertz CT molecular complexity index is 1070. The van der Waals surface area contributed by atoms with Gasteiger partial charge in [0.2, 0.25) is 11.8 Å². The summed E-state index contributed by atoms with van der Waals surface area (Å²) in [6.07, 6.45) is 0. The van der Waals surface area contributed by atoms with Crippen molar-refractivity contribution in [2.24, 2.45) is 0 Å². The van der Waals surface area contributed by atoms with E-state index in [-0.39, 0.29) is 17.6 Å². The number of benzene rings is 1. The maximum absolute atomic E-state index is 12.3. The molecule has 1 aromatic carbocycles. The largest absolute Gasteiger partial charge is 0.493 e. The minimum atomic E-state index is -0.443. The molecule has 0 saturated carbocycles. The minimum absolute atomic E-state index is 0.109. The van der Waals surface area contributed by atoms with Gasteiger partial charge in [0.15, 0.2) is 22.4 Å². The fraction of sp³-hybridized carbons (Fsp3) is 0.300. The van der Waals surface area contributed by atoms with Gasteiger partial charge < -0.3 is 24.6 Å². The molecule has 0 fully saturated rings. The van der Waals surface area contributed by atoms with Gasteiger partial charge in [0.25, 0.3) is 0 Å². The molecule has 1 atom stereocenters. The zero-order valence-corrected chi connectivity index (χ0v) is 19.1. The van der Waals surface area contributed by atoms with Gasteiger partial charge in [-0.2, -0.15) is 0 Å². The first kappa shape index (κ1) is 22.6. The number of hydrogen-bond donors (Lipinski definition) is 2. The lowest BCUT2D eigenvalue weighted by atomic mass is 10.1. The highest BCUT2D eigenvalue weighted by atomic mass is 32.2. The Hall–Kier alpha value is -3.05. The summed E-state index contributed by atoms with van der Waals surface area (Å²) in [6.45, 7) is 3.46. The van der Waals surface area contributed by atoms with Gasteiger partial charge in [0.1, 0.15) is 5.76 Å². The monoisotopic (exact) mass is 462 g/mol. The van der Waals surface area contributed by atoms with Gasteiger partial charge >= 0.3 is 0 Å². The van der Waals surface area contributed by atoms with Gasteiger partial charge in [0.05, 0.1) is 30.9 Å². The first-order valence-electron chi connectivity index (χ1n) is 9.23. The van der Waals surface area contributed by atoms with E-state index >= 15 is 0 Å². The molecule has 3 aromatic rings. The van der Waals surface area contributed by atoms with Crippen LogP contribution in [0.2, 0.25) is 0 Å². The second-order valence-corrected chi connectivity index (χ2v) is 8.61. The molecular formula is C20H22N4O5S2. The maximum atomic E-state index is 12.3. The summed E-state index contributed by atoms with van der Waals surface area (Å²) in [5, 5.41) is 11.0. The molecule has 0 aliphatic rings. The summed E-state index contributed by atoms with van der Waals surface area (Å²) < 4.78 is 15.5. The summed E-state index contributed by atoms with van der Waals surface area (Å²) in [5.41, 5.74) is 1.56. The molecule has 0 aliphatic heterocycles. The molecule has 11 heteroatoms. The fourth-order valence-electron chi connectivity index (χ4n) is 2.54. The van der Waals surface area contributed by atoms with Crippen LogP contribution in [0.1, 0.15) is 12.7 Å². The van der Waals surface area contributed by atoms with E-state index in [0.29, 0.717) is 33.9 Å². The number of aryl methyl sites for hydroxylation is 1. The molecule has 9 nitrogen and oxygen atoms in total. The summed E-state index contributed by atoms with van der Waals surface area (Å²) in [5.74, 6) is 1.80. The zero-order chi connectivity index (χ0) is 22.4. The smallest absolute Gasteiger partial charge is 0.238 e. The van der Waals surface area contributed by atoms with Crippen molar-refractivity contribution in [1.29, 1.82) is 0 Å². The molecule has 164 valence electrons. The van der Waals surface area contributed by atoms with E-state index in [4.69, 9.17) is 14.0 Å². The van der Waals surface area contributed by atoms with Gasteiger partial charge in [0, 0.05) is 17.0 Å². The number of carbonyl (C=O) groups is 2. The molecule has 0 spiro atoms. The number of aromatic nitrogens is 2. The summed E-state index contributed by atoms with van der Waals surface area (Å²) >= 11 is 2.53. The number of rotatable bonds is 9. The van der Waals surface area contributed by atoms with Crippen LogP contribution >= 0.6 is 23.1 Å². The van der Waals surface area contributed by atoms with Crippen molar-refractivity contribution in [2.75, 3.05) is 30.6 Å². The van der Waals surface area contributed by atoms with E-state index < -0.39 is 5.25 Å². The summed E-state index contributed by atoms with van der Waals surface area (Å²) in [7, 11) is 3.14. The van der Waals surface area contributed by atoms with Gasteiger partial charge in [-0.05, 0) is 32.0 Å². The molecule has 0 aliphatic carbocycles. The predicted octanol–water partition coefficient (Wildman–Crippen LogP) is 3.82. The molecular weight excluding hydrogens is 440 g/mol. The molecule has 2 aromatic heterocycles. The molecule has 3 rings (SSSR count). The quantitative estimate of drug-likeness (QED) is 0.493. The van der Waals surface area contributed by atoms with E-state index in [2.05, 4.69) is 20.8 Å². The van der Waals surface area contributed by atoms with E-state index in [9.17, 15) is 9.59 Å². The first-order valence-corrected chi connectivity index (χ1v) is 11.2. The number of nitrogens with one attached hydrogen (secondary N) is 2. The van der Waals surface area contributed by atoms with Crippen molar-refractivity contribution in [3.8, 4) is 22.8 Å². The van der Waals surface area contributed by atoms with Crippen LogP contribution in [0, 0.1) is 6.92 Å². The van der Waals surface area contributed by atoms with Crippen molar-refractivity contribution in [2.45, 2.75) is 19.1 Å². The Labute approximate surface area is 187 Å². The topological polar surface area (TPSA) is 116 Å². The van der Waals surface area contributed by atoms with Crippen molar-refractivity contribution >= 4 is 45.9 Å². The summed E-state index contributed by atoms with van der Waals surface area (Å²) in [6, 6.07) is 7.12. The van der Waals surface area contributed by atoms with E-state index in [1.54, 1.807) is 40.2 Å². The number of carbonyl (C=O) groups excluding carboxylic acids is 2. The summed E-state index contributed by atoms with van der Waals surface area (Å²) in [4.78, 5) is 28.9. The lowest BCUT2D eigenvalue weighted by molar-refractivity contribution is -0.115. The van der Waals surface area contributed by atoms with E-state index in [1.807, 2.05) is 17.5 Å². The van der Waals surface area contributed by atoms with Crippen LogP contribution in [0.15, 0.2) is 34.2 Å². The van der Waals surface area contributed by atoms with Crippen molar-refractivity contribution in [3.63, 3.8) is 0 Å². The second kappa shape index (κ2) is 10.3. The third-order valence-electron chi connectivity index (χ3n) is 4.14. The molecule has 0 saturated heterocycles. The molecule has 2 N–H and O–H groups in total. The van der Waals surface area contributed by atoms with Gasteiger partial charge in [-0.1, -0.05) is 5.16 Å². The third kappa shape index (κ3) is 5.98. The number of anilines is 2. The predicted molar refractivity (Wildman–Crippen MR) is 121 cm³/mol. The molecule has 2 heterocycles. The highest BCUT2D eigenvalue weighted by Gasteiger charge is 2.17. The van der Waals surface area contributed by atoms with Gasteiger partial charge in [-0.3, -0.25) is 9.59 Å². The molecule has 0 radical (unpaired) electrons. The SMILES string of the molecule is COc1ccc(-c2csc(NC(=O)CS[C@H](C)C(=O)Nc3cc(C)on3)n2)cc1OC. The Kier molecular flexibility index (Phi) is 7.53. The Balaban J connectivity index is 1.52. The van der Waals surface area contributed by atoms with Crippen LogP contribution in [0.25, 0.3) is 11.3 Å². The van der Waals surface area contributed by atoms with Crippen LogP contribution in [0.5, 0.6) is 11.5 Å². The molecule has 0 unspecified atom stereocenters.